The van der Waals surface area contributed by atoms with Gasteiger partial charge in [-0.05, 0) is 87.6 Å². The summed E-state index contributed by atoms with van der Waals surface area (Å²) in [4.78, 5) is 41.2. The molecule has 3 aromatic rings. The summed E-state index contributed by atoms with van der Waals surface area (Å²) >= 11 is 0. The number of carbonyl (C=O) groups excluding carboxylic acids is 3. The molecule has 0 unspecified atom stereocenters. The third kappa shape index (κ3) is 11.2. The first-order valence-electron chi connectivity index (χ1n) is 20.0. The van der Waals surface area contributed by atoms with Crippen LogP contribution >= 0.6 is 0 Å². The Bertz CT molecular complexity index is 1740. The molecule has 0 radical (unpaired) electrons. The van der Waals surface area contributed by atoms with E-state index in [1.807, 2.05) is 69.3 Å². The summed E-state index contributed by atoms with van der Waals surface area (Å²) in [5.41, 5.74) is 10.3. The Morgan fingerprint density at radius 3 is 2.25 bits per heavy atom. The third-order valence-corrected chi connectivity index (χ3v) is 11.1. The fourth-order valence-electron chi connectivity index (χ4n) is 8.31. The molecule has 3 aliphatic rings. The monoisotopic (exact) mass is 753 g/mol. The number of nitrogens with two attached hydrogens (primary N) is 1. The van der Waals surface area contributed by atoms with Crippen molar-refractivity contribution in [2.24, 2.45) is 5.92 Å². The van der Waals surface area contributed by atoms with Gasteiger partial charge in [0.25, 0.3) is 0 Å². The molecule has 296 valence electrons. The van der Waals surface area contributed by atoms with Crippen LogP contribution in [0.25, 0.3) is 0 Å². The summed E-state index contributed by atoms with van der Waals surface area (Å²) in [5.74, 6) is 0.385. The number of aliphatic hydroxyl groups is 1. The lowest BCUT2D eigenvalue weighted by atomic mass is 9.75. The van der Waals surface area contributed by atoms with Crippen LogP contribution in [0.2, 0.25) is 0 Å². The number of hydrogen-bond acceptors (Lipinski definition) is 8. The van der Waals surface area contributed by atoms with E-state index in [4.69, 9.17) is 15.2 Å². The van der Waals surface area contributed by atoms with Gasteiger partial charge in [-0.15, -0.1) is 0 Å². The number of amides is 3. The summed E-state index contributed by atoms with van der Waals surface area (Å²) in [6.07, 6.45) is 7.12. The highest BCUT2D eigenvalue weighted by atomic mass is 16.7. The summed E-state index contributed by atoms with van der Waals surface area (Å²) in [5, 5.41) is 18.7. The van der Waals surface area contributed by atoms with Gasteiger partial charge in [-0.1, -0.05) is 73.5 Å². The van der Waals surface area contributed by atoms with Crippen molar-refractivity contribution in [3.8, 4) is 0 Å². The van der Waals surface area contributed by atoms with E-state index in [0.29, 0.717) is 49.3 Å². The summed E-state index contributed by atoms with van der Waals surface area (Å²) < 4.78 is 13.4. The Labute approximate surface area is 325 Å². The van der Waals surface area contributed by atoms with Crippen LogP contribution in [0.15, 0.2) is 72.8 Å². The average molecular weight is 754 g/mol. The van der Waals surface area contributed by atoms with Crippen LogP contribution in [0.3, 0.4) is 0 Å². The number of anilines is 2. The maximum absolute atomic E-state index is 13.8. The molecule has 11 heteroatoms. The topological polar surface area (TPSA) is 155 Å². The molecule has 6 N–H and O–H groups in total. The zero-order valence-electron chi connectivity index (χ0n) is 32.6. The van der Waals surface area contributed by atoms with Crippen molar-refractivity contribution in [1.82, 2.24) is 15.5 Å². The van der Waals surface area contributed by atoms with E-state index in [1.54, 1.807) is 24.3 Å². The van der Waals surface area contributed by atoms with Gasteiger partial charge in [0.05, 0.1) is 36.2 Å². The van der Waals surface area contributed by atoms with Crippen LogP contribution in [-0.4, -0.2) is 58.0 Å². The molecular weight excluding hydrogens is 695 g/mol. The highest BCUT2D eigenvalue weighted by Crippen LogP contribution is 2.42. The number of ether oxygens (including phenoxy) is 2. The number of carbonyl (C=O) groups is 3. The maximum Gasteiger partial charge on any atom is 0.237 e. The number of fused-ring (bicyclic) bond motifs is 1. The van der Waals surface area contributed by atoms with E-state index in [2.05, 4.69) is 20.9 Å². The molecule has 0 bridgehead atoms. The first kappa shape index (κ1) is 40.4. The molecule has 55 heavy (non-hydrogen) atoms. The quantitative estimate of drug-likeness (QED) is 0.121. The fraction of sp³-hybridized carbons (Fsp3) is 0.523. The first-order valence-corrected chi connectivity index (χ1v) is 20.0. The Morgan fingerprint density at radius 2 is 1.53 bits per heavy atom. The van der Waals surface area contributed by atoms with Gasteiger partial charge in [0.1, 0.15) is 0 Å². The predicted octanol–water partition coefficient (Wildman–Crippen LogP) is 6.67. The molecule has 2 saturated heterocycles. The molecule has 1 aliphatic carbocycles. The minimum absolute atomic E-state index is 0.0235. The number of benzene rings is 3. The largest absolute Gasteiger partial charge is 0.397 e. The molecule has 6 atom stereocenters. The Hall–Kier alpha value is -4.29. The van der Waals surface area contributed by atoms with Crippen LogP contribution in [-0.2, 0) is 37.0 Å². The average Bonchev–Trinajstić information content (AvgIpc) is 3.17. The van der Waals surface area contributed by atoms with Gasteiger partial charge in [0.2, 0.25) is 17.7 Å². The number of hydrogen-bond donors (Lipinski definition) is 5. The highest BCUT2D eigenvalue weighted by molar-refractivity contribution is 5.94. The minimum atomic E-state index is -0.629. The number of piperidine rings is 1. The lowest BCUT2D eigenvalue weighted by Gasteiger charge is -2.50. The Balaban J connectivity index is 1.10. The maximum atomic E-state index is 13.8. The van der Waals surface area contributed by atoms with E-state index < -0.39 is 6.29 Å². The predicted molar refractivity (Wildman–Crippen MR) is 213 cm³/mol. The second-order valence-corrected chi connectivity index (χ2v) is 16.5. The van der Waals surface area contributed by atoms with Gasteiger partial charge in [0.15, 0.2) is 6.29 Å². The molecule has 11 nitrogen and oxygen atoms in total. The van der Waals surface area contributed by atoms with Crippen molar-refractivity contribution in [3.05, 3.63) is 95.1 Å². The standard InChI is InChI=1S/C44H59N5O6/c1-44(2,3)48-42(53)38-24-23-31-9-4-7-12-37(31)49(38)27-34-25-39(32-19-17-30(28-50)18-20-32)55-43(54-34)33-21-15-29(16-22-33)26-46-40(51)13-8-14-41(52)47-36-11-6-5-10-35(36)45/h5-6,10-11,15-22,31,34,37-39,43,50H,4,7-9,12-14,23-28,45H2,1-3H3,(H,46,51)(H,47,52)(H,48,53)/t31-,34+,37-,38-,39-,43-/m1/s1. The van der Waals surface area contributed by atoms with Crippen LogP contribution in [0.4, 0.5) is 11.4 Å². The van der Waals surface area contributed by atoms with Crippen molar-refractivity contribution >= 4 is 29.1 Å². The summed E-state index contributed by atoms with van der Waals surface area (Å²) in [7, 11) is 0. The lowest BCUT2D eigenvalue weighted by molar-refractivity contribution is -0.255. The van der Waals surface area contributed by atoms with E-state index >= 15 is 0 Å². The van der Waals surface area contributed by atoms with E-state index in [1.165, 1.54) is 19.3 Å². The molecule has 3 amide bonds. The first-order chi connectivity index (χ1) is 26.5. The van der Waals surface area contributed by atoms with Crippen LogP contribution in [0.5, 0.6) is 0 Å². The van der Waals surface area contributed by atoms with Crippen LogP contribution in [0, 0.1) is 5.92 Å². The second kappa shape index (κ2) is 18.6. The zero-order chi connectivity index (χ0) is 39.0. The molecule has 1 saturated carbocycles. The van der Waals surface area contributed by atoms with Gasteiger partial charge in [-0.2, -0.15) is 0 Å². The van der Waals surface area contributed by atoms with Crippen molar-refractivity contribution in [2.75, 3.05) is 17.6 Å². The SMILES string of the molecule is CC(C)(C)NC(=O)[C@H]1CC[C@H]2CCCC[C@H]2N1C[C@@H]1C[C@H](c2ccc(CO)cc2)O[C@H](c2ccc(CNC(=O)CCCC(=O)Nc3ccccc3N)cc2)O1. The van der Waals surface area contributed by atoms with Gasteiger partial charge in [0, 0.05) is 49.5 Å². The van der Waals surface area contributed by atoms with Gasteiger partial charge in [-0.25, -0.2) is 0 Å². The van der Waals surface area contributed by atoms with Gasteiger partial charge in [-0.3, -0.25) is 19.3 Å². The van der Waals surface area contributed by atoms with Crippen molar-refractivity contribution in [2.45, 2.75) is 134 Å². The molecule has 2 heterocycles. The number of nitrogens with zero attached hydrogens (tertiary/aromatic N) is 1. The number of rotatable bonds is 13. The fourth-order valence-corrected chi connectivity index (χ4v) is 8.31. The number of aliphatic hydroxyl groups excluding tert-OH is 1. The van der Waals surface area contributed by atoms with Crippen molar-refractivity contribution in [1.29, 1.82) is 0 Å². The summed E-state index contributed by atoms with van der Waals surface area (Å²) in [6, 6.07) is 23.0. The Kier molecular flexibility index (Phi) is 13.6. The molecule has 3 aromatic carbocycles. The van der Waals surface area contributed by atoms with Crippen LogP contribution in [0.1, 0.15) is 120 Å². The third-order valence-electron chi connectivity index (χ3n) is 11.1. The molecule has 3 fully saturated rings. The molecule has 6 rings (SSSR count). The summed E-state index contributed by atoms with van der Waals surface area (Å²) in [6.45, 7) is 7.08. The van der Waals surface area contributed by atoms with Gasteiger partial charge >= 0.3 is 0 Å². The number of likely N-dealkylation sites (tertiary alicyclic amines) is 1. The normalized spacial score (nSPS) is 24.4. The molecule has 2 aliphatic heterocycles. The molecular formula is C44H59N5O6. The number of para-hydroxylation sites is 2. The Morgan fingerprint density at radius 1 is 0.836 bits per heavy atom. The van der Waals surface area contributed by atoms with E-state index in [9.17, 15) is 19.5 Å². The van der Waals surface area contributed by atoms with Gasteiger partial charge < -0.3 is 36.3 Å². The minimum Gasteiger partial charge on any atom is -0.397 e. The van der Waals surface area contributed by atoms with E-state index in [-0.39, 0.29) is 61.0 Å². The number of nitrogens with one attached hydrogen (secondary N) is 3. The van der Waals surface area contributed by atoms with Crippen LogP contribution < -0.4 is 21.7 Å². The highest BCUT2D eigenvalue weighted by Gasteiger charge is 2.44. The number of nitrogen functional groups attached to an aromatic ring is 1. The van der Waals surface area contributed by atoms with Crippen molar-refractivity contribution < 1.29 is 29.0 Å². The smallest absolute Gasteiger partial charge is 0.237 e. The molecule has 0 aromatic heterocycles. The second-order valence-electron chi connectivity index (χ2n) is 16.5. The van der Waals surface area contributed by atoms with E-state index in [0.717, 1.165) is 41.5 Å². The zero-order valence-corrected chi connectivity index (χ0v) is 32.6. The lowest BCUT2D eigenvalue weighted by Crippen LogP contribution is -2.61. The van der Waals surface area contributed by atoms with Crippen molar-refractivity contribution in [3.63, 3.8) is 0 Å². The molecule has 0 spiro atoms.